The van der Waals surface area contributed by atoms with E-state index in [-0.39, 0.29) is 25.5 Å². The first-order valence-corrected chi connectivity index (χ1v) is 6.79. The van der Waals surface area contributed by atoms with E-state index in [1.165, 1.54) is 18.2 Å². The third kappa shape index (κ3) is 3.11. The van der Waals surface area contributed by atoms with Gasteiger partial charge in [0.2, 0.25) is 6.79 Å². The average molecular weight is 303 g/mol. The Kier molecular flexibility index (Phi) is 4.09. The van der Waals surface area contributed by atoms with Crippen LogP contribution in [0.25, 0.3) is 0 Å². The number of rotatable bonds is 5. The molecule has 1 aliphatic heterocycles. The molecule has 0 bridgehead atoms. The molecule has 6 heteroatoms. The fourth-order valence-electron chi connectivity index (χ4n) is 2.04. The zero-order valence-electron chi connectivity index (χ0n) is 11.7. The molecule has 114 valence electrons. The molecule has 2 aromatic carbocycles. The molecule has 22 heavy (non-hydrogen) atoms. The number of ether oxygens (including phenoxy) is 3. The van der Waals surface area contributed by atoms with Crippen LogP contribution in [0, 0.1) is 5.82 Å². The lowest BCUT2D eigenvalue weighted by Gasteiger charge is -2.08. The molecule has 1 heterocycles. The van der Waals surface area contributed by atoms with Crippen molar-refractivity contribution in [1.29, 1.82) is 0 Å². The molecule has 0 aliphatic carbocycles. The maximum absolute atomic E-state index is 13.4. The minimum absolute atomic E-state index is 0.0191. The standard InChI is InChI=1S/C16H14FNO4/c17-13-4-2-1-3-12(13)16(19)18-7-8-20-11-5-6-14-15(9-11)22-10-21-14/h1-6,9H,7-8,10H2,(H,18,19). The van der Waals surface area contributed by atoms with Crippen molar-refractivity contribution in [3.63, 3.8) is 0 Å². The molecular weight excluding hydrogens is 289 g/mol. The van der Waals surface area contributed by atoms with Gasteiger partial charge in [-0.1, -0.05) is 12.1 Å². The van der Waals surface area contributed by atoms with Crippen LogP contribution in [0.4, 0.5) is 4.39 Å². The highest BCUT2D eigenvalue weighted by Gasteiger charge is 2.14. The second-order valence-corrected chi connectivity index (χ2v) is 4.60. The number of carbonyl (C=O) groups excluding carboxylic acids is 1. The number of hydrogen-bond acceptors (Lipinski definition) is 4. The Morgan fingerprint density at radius 2 is 2.00 bits per heavy atom. The summed E-state index contributed by atoms with van der Waals surface area (Å²) in [6.45, 7) is 0.735. The fourth-order valence-corrected chi connectivity index (χ4v) is 2.04. The van der Waals surface area contributed by atoms with Crippen molar-refractivity contribution in [3.05, 3.63) is 53.8 Å². The first-order valence-electron chi connectivity index (χ1n) is 6.79. The van der Waals surface area contributed by atoms with Crippen LogP contribution < -0.4 is 19.5 Å². The fraction of sp³-hybridized carbons (Fsp3) is 0.188. The van der Waals surface area contributed by atoms with Gasteiger partial charge in [0, 0.05) is 6.07 Å². The third-order valence-corrected chi connectivity index (χ3v) is 3.12. The van der Waals surface area contributed by atoms with Crippen LogP contribution >= 0.6 is 0 Å². The van der Waals surface area contributed by atoms with Crippen LogP contribution in [0.5, 0.6) is 17.2 Å². The molecule has 1 amide bonds. The highest BCUT2D eigenvalue weighted by Crippen LogP contribution is 2.34. The van der Waals surface area contributed by atoms with Crippen LogP contribution in [-0.4, -0.2) is 25.9 Å². The number of benzene rings is 2. The van der Waals surface area contributed by atoms with E-state index in [4.69, 9.17) is 14.2 Å². The summed E-state index contributed by atoms with van der Waals surface area (Å²) in [5.74, 6) is 0.918. The van der Waals surface area contributed by atoms with Crippen LogP contribution in [0.2, 0.25) is 0 Å². The van der Waals surface area contributed by atoms with Gasteiger partial charge >= 0.3 is 0 Å². The lowest BCUT2D eigenvalue weighted by atomic mass is 10.2. The van der Waals surface area contributed by atoms with Crippen molar-refractivity contribution < 1.29 is 23.4 Å². The molecule has 3 rings (SSSR count). The first-order chi connectivity index (χ1) is 10.7. The highest BCUT2D eigenvalue weighted by atomic mass is 19.1. The zero-order valence-corrected chi connectivity index (χ0v) is 11.7. The van der Waals surface area contributed by atoms with Crippen molar-refractivity contribution >= 4 is 5.91 Å². The first kappa shape index (κ1) is 14.2. The normalized spacial score (nSPS) is 12.0. The van der Waals surface area contributed by atoms with Gasteiger partial charge in [-0.3, -0.25) is 4.79 Å². The van der Waals surface area contributed by atoms with E-state index >= 15 is 0 Å². The Hall–Kier alpha value is -2.76. The molecule has 0 saturated carbocycles. The molecule has 5 nitrogen and oxygen atoms in total. The van der Waals surface area contributed by atoms with E-state index in [2.05, 4.69) is 5.32 Å². The lowest BCUT2D eigenvalue weighted by Crippen LogP contribution is -2.28. The van der Waals surface area contributed by atoms with Gasteiger partial charge in [-0.25, -0.2) is 4.39 Å². The SMILES string of the molecule is O=C(NCCOc1ccc2c(c1)OCO2)c1ccccc1F. The molecule has 0 unspecified atom stereocenters. The molecule has 1 N–H and O–H groups in total. The summed E-state index contributed by atoms with van der Waals surface area (Å²) >= 11 is 0. The highest BCUT2D eigenvalue weighted by molar-refractivity contribution is 5.94. The summed E-state index contributed by atoms with van der Waals surface area (Å²) in [4.78, 5) is 11.8. The number of halogens is 1. The monoisotopic (exact) mass is 303 g/mol. The van der Waals surface area contributed by atoms with Crippen LogP contribution in [0.3, 0.4) is 0 Å². The van der Waals surface area contributed by atoms with Gasteiger partial charge in [0.1, 0.15) is 18.2 Å². The molecule has 0 saturated heterocycles. The second kappa shape index (κ2) is 6.34. The molecule has 0 spiro atoms. The average Bonchev–Trinajstić information content (AvgIpc) is 2.99. The Bertz CT molecular complexity index is 690. The van der Waals surface area contributed by atoms with Crippen molar-refractivity contribution in [2.45, 2.75) is 0 Å². The third-order valence-electron chi connectivity index (χ3n) is 3.12. The summed E-state index contributed by atoms with van der Waals surface area (Å²) in [5.41, 5.74) is 0.0191. The quantitative estimate of drug-likeness (QED) is 0.862. The van der Waals surface area contributed by atoms with Gasteiger partial charge in [-0.15, -0.1) is 0 Å². The molecular formula is C16H14FNO4. The van der Waals surface area contributed by atoms with Gasteiger partial charge in [0.25, 0.3) is 5.91 Å². The molecule has 2 aromatic rings. The zero-order chi connectivity index (χ0) is 15.4. The van der Waals surface area contributed by atoms with E-state index < -0.39 is 11.7 Å². The van der Waals surface area contributed by atoms with Gasteiger partial charge < -0.3 is 19.5 Å². The molecule has 0 atom stereocenters. The lowest BCUT2D eigenvalue weighted by molar-refractivity contribution is 0.0943. The van der Waals surface area contributed by atoms with Gasteiger partial charge in [0.15, 0.2) is 11.5 Å². The van der Waals surface area contributed by atoms with E-state index in [0.717, 1.165) is 0 Å². The van der Waals surface area contributed by atoms with Gasteiger partial charge in [0.05, 0.1) is 12.1 Å². The predicted octanol–water partition coefficient (Wildman–Crippen LogP) is 2.36. The largest absolute Gasteiger partial charge is 0.492 e. The van der Waals surface area contributed by atoms with Crippen molar-refractivity contribution in [2.24, 2.45) is 0 Å². The van der Waals surface area contributed by atoms with Gasteiger partial charge in [-0.05, 0) is 24.3 Å². The maximum Gasteiger partial charge on any atom is 0.254 e. The Morgan fingerprint density at radius 3 is 2.86 bits per heavy atom. The minimum atomic E-state index is -0.545. The Labute approximate surface area is 126 Å². The summed E-state index contributed by atoms with van der Waals surface area (Å²) in [6.07, 6.45) is 0. The molecule has 0 fully saturated rings. The van der Waals surface area contributed by atoms with Gasteiger partial charge in [-0.2, -0.15) is 0 Å². The number of amides is 1. The van der Waals surface area contributed by atoms with Crippen molar-refractivity contribution in [1.82, 2.24) is 5.32 Å². The predicted molar refractivity (Wildman–Crippen MR) is 76.8 cm³/mol. The summed E-state index contributed by atoms with van der Waals surface area (Å²) < 4.78 is 29.4. The Morgan fingerprint density at radius 1 is 1.18 bits per heavy atom. The van der Waals surface area contributed by atoms with Crippen LogP contribution in [-0.2, 0) is 0 Å². The van der Waals surface area contributed by atoms with E-state index in [1.54, 1.807) is 24.3 Å². The number of fused-ring (bicyclic) bond motifs is 1. The van der Waals surface area contributed by atoms with E-state index in [9.17, 15) is 9.18 Å². The smallest absolute Gasteiger partial charge is 0.254 e. The summed E-state index contributed by atoms with van der Waals surface area (Å²) in [5, 5.41) is 2.60. The number of hydrogen-bond donors (Lipinski definition) is 1. The number of nitrogens with one attached hydrogen (secondary N) is 1. The van der Waals surface area contributed by atoms with E-state index in [0.29, 0.717) is 17.2 Å². The topological polar surface area (TPSA) is 56.8 Å². The van der Waals surface area contributed by atoms with Crippen LogP contribution in [0.1, 0.15) is 10.4 Å². The minimum Gasteiger partial charge on any atom is -0.492 e. The van der Waals surface area contributed by atoms with Crippen molar-refractivity contribution in [3.8, 4) is 17.2 Å². The summed E-state index contributed by atoms with van der Waals surface area (Å²) in [6, 6.07) is 11.1. The van der Waals surface area contributed by atoms with Crippen LogP contribution in [0.15, 0.2) is 42.5 Å². The molecule has 0 radical (unpaired) electrons. The van der Waals surface area contributed by atoms with Crippen molar-refractivity contribution in [2.75, 3.05) is 19.9 Å². The second-order valence-electron chi connectivity index (χ2n) is 4.60. The molecule has 0 aromatic heterocycles. The maximum atomic E-state index is 13.4. The Balaban J connectivity index is 1.48. The number of carbonyl (C=O) groups is 1. The summed E-state index contributed by atoms with van der Waals surface area (Å²) in [7, 11) is 0. The molecule has 1 aliphatic rings. The van der Waals surface area contributed by atoms with E-state index in [1.807, 2.05) is 0 Å².